The second-order valence-electron chi connectivity index (χ2n) is 5.82. The Kier molecular flexibility index (Phi) is 6.08. The lowest BCUT2D eigenvalue weighted by molar-refractivity contribution is -0.113. The van der Waals surface area contributed by atoms with Crippen molar-refractivity contribution in [1.29, 1.82) is 0 Å². The molecule has 0 atom stereocenters. The molecule has 1 heterocycles. The van der Waals surface area contributed by atoms with E-state index in [-0.39, 0.29) is 11.7 Å². The highest BCUT2D eigenvalue weighted by atomic mass is 35.5. The van der Waals surface area contributed by atoms with Crippen molar-refractivity contribution in [1.82, 2.24) is 4.98 Å². The minimum atomic E-state index is -0.174. The van der Waals surface area contributed by atoms with E-state index in [1.165, 1.54) is 26.0 Å². The number of para-hydroxylation sites is 1. The number of rotatable bonds is 6. The Morgan fingerprint density at radius 1 is 1.15 bits per heavy atom. The topological polar surface area (TPSA) is 60.5 Å². The Balaban J connectivity index is 1.71. The Morgan fingerprint density at radius 3 is 2.63 bits per heavy atom. The smallest absolute Gasteiger partial charge is 0.234 e. The van der Waals surface area contributed by atoms with E-state index in [1.807, 2.05) is 37.3 Å². The highest BCUT2D eigenvalue weighted by Gasteiger charge is 2.13. The van der Waals surface area contributed by atoms with Crippen LogP contribution in [0.3, 0.4) is 0 Å². The Labute approximate surface area is 167 Å². The highest BCUT2D eigenvalue weighted by Crippen LogP contribution is 2.36. The molecule has 0 aliphatic heterocycles. The van der Waals surface area contributed by atoms with Gasteiger partial charge < -0.3 is 14.8 Å². The van der Waals surface area contributed by atoms with Crippen molar-refractivity contribution in [3.8, 4) is 11.5 Å². The van der Waals surface area contributed by atoms with Gasteiger partial charge in [-0.05, 0) is 30.7 Å². The van der Waals surface area contributed by atoms with Crippen LogP contribution in [0.5, 0.6) is 11.5 Å². The third-order valence-electron chi connectivity index (χ3n) is 4.00. The first-order valence-corrected chi connectivity index (χ1v) is 9.58. The summed E-state index contributed by atoms with van der Waals surface area (Å²) in [6.07, 6.45) is 0. The quantitative estimate of drug-likeness (QED) is 0.591. The number of hydrogen-bond donors (Lipinski definition) is 1. The number of amides is 1. The van der Waals surface area contributed by atoms with Gasteiger partial charge in [-0.15, -0.1) is 0 Å². The van der Waals surface area contributed by atoms with Crippen molar-refractivity contribution < 1.29 is 14.3 Å². The number of methoxy groups -OCH3 is 2. The number of hydrogen-bond acceptors (Lipinski definition) is 5. The number of nitrogens with one attached hydrogen (secondary N) is 1. The van der Waals surface area contributed by atoms with Crippen molar-refractivity contribution in [2.75, 3.05) is 25.3 Å². The van der Waals surface area contributed by atoms with Crippen LogP contribution < -0.4 is 14.8 Å². The van der Waals surface area contributed by atoms with E-state index in [4.69, 9.17) is 21.1 Å². The van der Waals surface area contributed by atoms with Gasteiger partial charge in [-0.2, -0.15) is 0 Å². The summed E-state index contributed by atoms with van der Waals surface area (Å²) in [6, 6.07) is 13.2. The number of thioether (sulfide) groups is 1. The molecule has 0 unspecified atom stereocenters. The van der Waals surface area contributed by atoms with Crippen LogP contribution in [0.25, 0.3) is 10.9 Å². The first kappa shape index (κ1) is 19.3. The summed E-state index contributed by atoms with van der Waals surface area (Å²) < 4.78 is 10.5. The predicted octanol–water partition coefficient (Wildman–Crippen LogP) is 4.94. The standard InChI is InChI=1S/C20H19ClN2O3S/c1-12-8-20(23-15-7-5-4-6-13(12)15)27-11-19(24)22-16-9-14(21)17(25-2)10-18(16)26-3/h4-10H,11H2,1-3H3,(H,22,24). The van der Waals surface area contributed by atoms with Crippen molar-refractivity contribution in [3.05, 3.63) is 53.1 Å². The fraction of sp³-hybridized carbons (Fsp3) is 0.200. The zero-order valence-corrected chi connectivity index (χ0v) is 16.8. The second-order valence-corrected chi connectivity index (χ2v) is 7.22. The molecule has 3 rings (SSSR count). The zero-order valence-electron chi connectivity index (χ0n) is 15.2. The number of halogens is 1. The Hall–Kier alpha value is -2.44. The minimum absolute atomic E-state index is 0.174. The monoisotopic (exact) mass is 402 g/mol. The van der Waals surface area contributed by atoms with E-state index in [9.17, 15) is 4.79 Å². The molecule has 3 aromatic rings. The number of fused-ring (bicyclic) bond motifs is 1. The molecule has 27 heavy (non-hydrogen) atoms. The molecule has 5 nitrogen and oxygen atoms in total. The fourth-order valence-electron chi connectivity index (χ4n) is 2.68. The van der Waals surface area contributed by atoms with Crippen LogP contribution in [-0.4, -0.2) is 30.9 Å². The third-order valence-corrected chi connectivity index (χ3v) is 5.21. The molecule has 0 radical (unpaired) electrons. The van der Waals surface area contributed by atoms with Crippen LogP contribution in [0.2, 0.25) is 5.02 Å². The van der Waals surface area contributed by atoms with Gasteiger partial charge in [-0.1, -0.05) is 41.6 Å². The van der Waals surface area contributed by atoms with Crippen LogP contribution in [0.1, 0.15) is 5.56 Å². The van der Waals surface area contributed by atoms with Crippen molar-refractivity contribution in [2.24, 2.45) is 0 Å². The van der Waals surface area contributed by atoms with Crippen LogP contribution in [0.15, 0.2) is 47.5 Å². The molecule has 7 heteroatoms. The van der Waals surface area contributed by atoms with Gasteiger partial charge in [0.25, 0.3) is 0 Å². The summed E-state index contributed by atoms with van der Waals surface area (Å²) >= 11 is 7.52. The Bertz CT molecular complexity index is 994. The highest BCUT2D eigenvalue weighted by molar-refractivity contribution is 7.99. The van der Waals surface area contributed by atoms with E-state index in [1.54, 1.807) is 12.1 Å². The van der Waals surface area contributed by atoms with E-state index >= 15 is 0 Å². The maximum absolute atomic E-state index is 12.4. The van der Waals surface area contributed by atoms with Gasteiger partial charge in [0, 0.05) is 11.5 Å². The number of anilines is 1. The zero-order chi connectivity index (χ0) is 19.4. The van der Waals surface area contributed by atoms with Gasteiger partial charge in [-0.3, -0.25) is 4.79 Å². The average molecular weight is 403 g/mol. The van der Waals surface area contributed by atoms with Gasteiger partial charge in [0.15, 0.2) is 0 Å². The van der Waals surface area contributed by atoms with Gasteiger partial charge >= 0.3 is 0 Å². The number of carbonyl (C=O) groups is 1. The molecular formula is C20H19ClN2O3S. The normalized spacial score (nSPS) is 10.7. The molecular weight excluding hydrogens is 384 g/mol. The molecule has 2 aromatic carbocycles. The number of ether oxygens (including phenoxy) is 2. The molecule has 140 valence electrons. The molecule has 0 bridgehead atoms. The van der Waals surface area contributed by atoms with Gasteiger partial charge in [-0.25, -0.2) is 4.98 Å². The SMILES string of the molecule is COc1cc(OC)c(NC(=O)CSc2cc(C)c3ccccc3n2)cc1Cl. The third kappa shape index (κ3) is 4.46. The number of benzene rings is 2. The number of nitrogens with zero attached hydrogens (tertiary/aromatic N) is 1. The van der Waals surface area contributed by atoms with Gasteiger partial charge in [0.1, 0.15) is 11.5 Å². The number of carbonyl (C=O) groups excluding carboxylic acids is 1. The molecule has 1 amide bonds. The van der Waals surface area contributed by atoms with Gasteiger partial charge in [0.2, 0.25) is 5.91 Å². The summed E-state index contributed by atoms with van der Waals surface area (Å²) in [5.41, 5.74) is 2.55. The van der Waals surface area contributed by atoms with Crippen molar-refractivity contribution in [3.63, 3.8) is 0 Å². The van der Waals surface area contributed by atoms with Crippen LogP contribution in [0.4, 0.5) is 5.69 Å². The van der Waals surface area contributed by atoms with Crippen LogP contribution in [-0.2, 0) is 4.79 Å². The number of aromatic nitrogens is 1. The average Bonchev–Trinajstić information content (AvgIpc) is 2.67. The maximum atomic E-state index is 12.4. The summed E-state index contributed by atoms with van der Waals surface area (Å²) in [5, 5.41) is 5.14. The molecule has 0 fully saturated rings. The summed E-state index contributed by atoms with van der Waals surface area (Å²) in [4.78, 5) is 17.0. The molecule has 0 saturated carbocycles. The molecule has 0 spiro atoms. The van der Waals surface area contributed by atoms with Crippen molar-refractivity contribution in [2.45, 2.75) is 11.9 Å². The first-order valence-electron chi connectivity index (χ1n) is 8.22. The van der Waals surface area contributed by atoms with E-state index in [0.29, 0.717) is 22.2 Å². The fourth-order valence-corrected chi connectivity index (χ4v) is 3.69. The minimum Gasteiger partial charge on any atom is -0.495 e. The maximum Gasteiger partial charge on any atom is 0.234 e. The second kappa shape index (κ2) is 8.50. The lowest BCUT2D eigenvalue weighted by Gasteiger charge is -2.13. The lowest BCUT2D eigenvalue weighted by atomic mass is 10.1. The summed E-state index contributed by atoms with van der Waals surface area (Å²) in [5.74, 6) is 1.01. The van der Waals surface area contributed by atoms with Gasteiger partial charge in [0.05, 0.1) is 41.2 Å². The van der Waals surface area contributed by atoms with Crippen LogP contribution >= 0.6 is 23.4 Å². The summed E-state index contributed by atoms with van der Waals surface area (Å²) in [6.45, 7) is 2.04. The molecule has 0 aliphatic rings. The molecule has 1 aromatic heterocycles. The number of pyridine rings is 1. The van der Waals surface area contributed by atoms with E-state index < -0.39 is 0 Å². The van der Waals surface area contributed by atoms with E-state index in [2.05, 4.69) is 10.3 Å². The van der Waals surface area contributed by atoms with E-state index in [0.717, 1.165) is 21.5 Å². The van der Waals surface area contributed by atoms with Crippen LogP contribution in [0, 0.1) is 6.92 Å². The Morgan fingerprint density at radius 2 is 1.89 bits per heavy atom. The molecule has 0 saturated heterocycles. The summed E-state index contributed by atoms with van der Waals surface area (Å²) in [7, 11) is 3.04. The lowest BCUT2D eigenvalue weighted by Crippen LogP contribution is -2.15. The molecule has 1 N–H and O–H groups in total. The molecule has 0 aliphatic carbocycles. The number of aryl methyl sites for hydroxylation is 1. The largest absolute Gasteiger partial charge is 0.495 e. The van der Waals surface area contributed by atoms with Crippen molar-refractivity contribution >= 4 is 45.9 Å². The predicted molar refractivity (Wildman–Crippen MR) is 110 cm³/mol. The first-order chi connectivity index (χ1) is 13.0.